The Morgan fingerprint density at radius 1 is 1.08 bits per heavy atom. The number of hydrazone groups is 1. The molecule has 0 bridgehead atoms. The molecule has 1 saturated carbocycles. The maximum Gasteiger partial charge on any atom is 0.243 e. The van der Waals surface area contributed by atoms with E-state index in [0.29, 0.717) is 5.92 Å². The third-order valence-electron chi connectivity index (χ3n) is 4.26. The van der Waals surface area contributed by atoms with E-state index in [4.69, 9.17) is 0 Å². The summed E-state index contributed by atoms with van der Waals surface area (Å²) in [7, 11) is 0. The molecular formula is C19H16N4O. The van der Waals surface area contributed by atoms with Crippen molar-refractivity contribution in [2.24, 2.45) is 11.0 Å². The first kappa shape index (κ1) is 14.5. The number of hydrogen-bond acceptors (Lipinski definition) is 4. The fraction of sp³-hybridized carbons (Fsp3) is 0.158. The number of hydrogen-bond donors (Lipinski definition) is 1. The quantitative estimate of drug-likeness (QED) is 0.594. The Bertz CT molecular complexity index is 902. The van der Waals surface area contributed by atoms with E-state index in [1.165, 1.54) is 5.56 Å². The molecule has 0 aliphatic heterocycles. The lowest BCUT2D eigenvalue weighted by Crippen LogP contribution is -2.20. The number of benzene rings is 2. The highest BCUT2D eigenvalue weighted by atomic mass is 16.2. The molecule has 1 N–H and O–H groups in total. The highest BCUT2D eigenvalue weighted by Crippen LogP contribution is 2.47. The van der Waals surface area contributed by atoms with Gasteiger partial charge in [0.15, 0.2) is 0 Å². The number of amides is 1. The highest BCUT2D eigenvalue weighted by Gasteiger charge is 2.43. The number of para-hydroxylation sites is 1. The van der Waals surface area contributed by atoms with Crippen molar-refractivity contribution in [3.05, 3.63) is 72.1 Å². The standard InChI is InChI=1S/C19H16N4O/c24-19(16-11-15(16)13-5-2-1-3-6-13)23-22-12-14-7-4-8-17-18(14)21-10-9-20-17/h1-10,12,15-16H,11H2,(H,23,24)/b22-12+/t15-,16+/m0/s1. The highest BCUT2D eigenvalue weighted by molar-refractivity contribution is 5.96. The van der Waals surface area contributed by atoms with Crippen molar-refractivity contribution in [2.45, 2.75) is 12.3 Å². The molecule has 3 aromatic rings. The maximum atomic E-state index is 12.2. The Kier molecular flexibility index (Phi) is 3.75. The molecule has 4 rings (SSSR count). The molecule has 1 aliphatic rings. The summed E-state index contributed by atoms with van der Waals surface area (Å²) < 4.78 is 0. The number of carbonyl (C=O) groups is 1. The van der Waals surface area contributed by atoms with Crippen LogP contribution in [0.2, 0.25) is 0 Å². The van der Waals surface area contributed by atoms with Crippen molar-refractivity contribution >= 4 is 23.2 Å². The molecule has 118 valence electrons. The van der Waals surface area contributed by atoms with E-state index in [1.807, 2.05) is 36.4 Å². The molecule has 0 saturated heterocycles. The van der Waals surface area contributed by atoms with Crippen molar-refractivity contribution in [2.75, 3.05) is 0 Å². The van der Waals surface area contributed by atoms with E-state index in [2.05, 4.69) is 32.6 Å². The van der Waals surface area contributed by atoms with Crippen molar-refractivity contribution in [1.82, 2.24) is 15.4 Å². The number of nitrogens with zero attached hydrogens (tertiary/aromatic N) is 3. The van der Waals surface area contributed by atoms with Gasteiger partial charge < -0.3 is 0 Å². The van der Waals surface area contributed by atoms with Gasteiger partial charge in [0.2, 0.25) is 5.91 Å². The average Bonchev–Trinajstić information content (AvgIpc) is 3.43. The van der Waals surface area contributed by atoms with Crippen LogP contribution in [0.1, 0.15) is 23.5 Å². The Morgan fingerprint density at radius 2 is 1.92 bits per heavy atom. The minimum atomic E-state index is -0.0357. The van der Waals surface area contributed by atoms with Crippen LogP contribution in [-0.4, -0.2) is 22.1 Å². The van der Waals surface area contributed by atoms with Gasteiger partial charge in [0.25, 0.3) is 0 Å². The number of rotatable bonds is 4. The molecular weight excluding hydrogens is 300 g/mol. The Labute approximate surface area is 139 Å². The van der Waals surface area contributed by atoms with Gasteiger partial charge in [-0.15, -0.1) is 0 Å². The first-order valence-corrected chi connectivity index (χ1v) is 7.90. The molecule has 0 spiro atoms. The van der Waals surface area contributed by atoms with Crippen LogP contribution in [0.3, 0.4) is 0 Å². The zero-order chi connectivity index (χ0) is 16.4. The van der Waals surface area contributed by atoms with Crippen molar-refractivity contribution in [1.29, 1.82) is 0 Å². The minimum Gasteiger partial charge on any atom is -0.273 e. The molecule has 0 unspecified atom stereocenters. The van der Waals surface area contributed by atoms with E-state index >= 15 is 0 Å². The molecule has 5 heteroatoms. The SMILES string of the molecule is O=C(N/N=C/c1cccc2nccnc12)[C@@H]1C[C@H]1c1ccccc1. The lowest BCUT2D eigenvalue weighted by molar-refractivity contribution is -0.122. The van der Waals surface area contributed by atoms with Gasteiger partial charge in [0.05, 0.1) is 17.2 Å². The van der Waals surface area contributed by atoms with Crippen LogP contribution in [0.5, 0.6) is 0 Å². The summed E-state index contributed by atoms with van der Waals surface area (Å²) in [4.78, 5) is 20.8. The summed E-state index contributed by atoms with van der Waals surface area (Å²) in [5.41, 5.74) is 6.26. The Morgan fingerprint density at radius 3 is 2.79 bits per heavy atom. The second kappa shape index (κ2) is 6.20. The van der Waals surface area contributed by atoms with Crippen molar-refractivity contribution in [3.63, 3.8) is 0 Å². The Balaban J connectivity index is 1.42. The van der Waals surface area contributed by atoms with Gasteiger partial charge in [0, 0.05) is 23.9 Å². The zero-order valence-corrected chi connectivity index (χ0v) is 13.0. The third kappa shape index (κ3) is 2.88. The minimum absolute atomic E-state index is 0.0110. The molecule has 5 nitrogen and oxygen atoms in total. The van der Waals surface area contributed by atoms with Crippen molar-refractivity contribution < 1.29 is 4.79 Å². The first-order chi connectivity index (χ1) is 11.8. The largest absolute Gasteiger partial charge is 0.273 e. The predicted octanol–water partition coefficient (Wildman–Crippen LogP) is 2.88. The van der Waals surface area contributed by atoms with Gasteiger partial charge in [-0.3, -0.25) is 14.8 Å². The molecule has 2 atom stereocenters. The van der Waals surface area contributed by atoms with Gasteiger partial charge >= 0.3 is 0 Å². The fourth-order valence-corrected chi connectivity index (χ4v) is 2.92. The summed E-state index contributed by atoms with van der Waals surface area (Å²) in [5, 5.41) is 4.09. The van der Waals surface area contributed by atoms with Crippen LogP contribution in [0.25, 0.3) is 11.0 Å². The maximum absolute atomic E-state index is 12.2. The third-order valence-corrected chi connectivity index (χ3v) is 4.26. The fourth-order valence-electron chi connectivity index (χ4n) is 2.92. The molecule has 2 aromatic carbocycles. The second-order valence-corrected chi connectivity index (χ2v) is 5.86. The van der Waals surface area contributed by atoms with E-state index in [-0.39, 0.29) is 11.8 Å². The number of fused-ring (bicyclic) bond motifs is 1. The number of carbonyl (C=O) groups excluding carboxylic acids is 1. The van der Waals surface area contributed by atoms with Gasteiger partial charge in [-0.2, -0.15) is 5.10 Å². The average molecular weight is 316 g/mol. The normalized spacial score (nSPS) is 19.5. The molecule has 1 heterocycles. The monoisotopic (exact) mass is 316 g/mol. The zero-order valence-electron chi connectivity index (χ0n) is 13.0. The van der Waals surface area contributed by atoms with Crippen LogP contribution >= 0.6 is 0 Å². The van der Waals surface area contributed by atoms with Gasteiger partial charge in [-0.05, 0) is 24.0 Å². The second-order valence-electron chi connectivity index (χ2n) is 5.86. The first-order valence-electron chi connectivity index (χ1n) is 7.90. The summed E-state index contributed by atoms with van der Waals surface area (Å²) in [6.45, 7) is 0. The molecule has 1 amide bonds. The number of nitrogens with one attached hydrogen (secondary N) is 1. The predicted molar refractivity (Wildman–Crippen MR) is 92.6 cm³/mol. The molecule has 0 radical (unpaired) electrons. The summed E-state index contributed by atoms with van der Waals surface area (Å²) in [5.74, 6) is 0.285. The van der Waals surface area contributed by atoms with Gasteiger partial charge in [0.1, 0.15) is 0 Å². The van der Waals surface area contributed by atoms with E-state index in [0.717, 1.165) is 23.0 Å². The summed E-state index contributed by atoms with van der Waals surface area (Å²) >= 11 is 0. The topological polar surface area (TPSA) is 67.2 Å². The summed E-state index contributed by atoms with van der Waals surface area (Å²) in [6.07, 6.45) is 5.80. The van der Waals surface area contributed by atoms with Gasteiger partial charge in [-0.25, -0.2) is 5.43 Å². The van der Waals surface area contributed by atoms with Crippen LogP contribution in [0.4, 0.5) is 0 Å². The Hall–Kier alpha value is -3.08. The summed E-state index contributed by atoms with van der Waals surface area (Å²) in [6, 6.07) is 15.8. The molecule has 1 fully saturated rings. The van der Waals surface area contributed by atoms with E-state index in [1.54, 1.807) is 18.6 Å². The lowest BCUT2D eigenvalue weighted by atomic mass is 10.1. The van der Waals surface area contributed by atoms with Crippen molar-refractivity contribution in [3.8, 4) is 0 Å². The molecule has 24 heavy (non-hydrogen) atoms. The van der Waals surface area contributed by atoms with Crippen LogP contribution in [0.15, 0.2) is 66.0 Å². The lowest BCUT2D eigenvalue weighted by Gasteiger charge is -2.01. The van der Waals surface area contributed by atoms with Crippen LogP contribution in [-0.2, 0) is 4.79 Å². The smallest absolute Gasteiger partial charge is 0.243 e. The van der Waals surface area contributed by atoms with E-state index < -0.39 is 0 Å². The van der Waals surface area contributed by atoms with E-state index in [9.17, 15) is 4.79 Å². The molecule has 1 aromatic heterocycles. The van der Waals surface area contributed by atoms with Crippen LogP contribution in [0, 0.1) is 5.92 Å². The number of aromatic nitrogens is 2. The van der Waals surface area contributed by atoms with Crippen LogP contribution < -0.4 is 5.43 Å². The molecule has 1 aliphatic carbocycles. The van der Waals surface area contributed by atoms with Gasteiger partial charge in [-0.1, -0.05) is 42.5 Å².